The van der Waals surface area contributed by atoms with Crippen molar-refractivity contribution in [2.45, 2.75) is 70.5 Å². The summed E-state index contributed by atoms with van der Waals surface area (Å²) in [6, 6.07) is 10.2. The van der Waals surface area contributed by atoms with Gasteiger partial charge in [0.2, 0.25) is 5.91 Å². The summed E-state index contributed by atoms with van der Waals surface area (Å²) in [6.45, 7) is 2.64. The second-order valence-electron chi connectivity index (χ2n) is 8.90. The summed E-state index contributed by atoms with van der Waals surface area (Å²) < 4.78 is 0. The molecule has 0 radical (unpaired) electrons. The summed E-state index contributed by atoms with van der Waals surface area (Å²) in [7, 11) is 0. The minimum absolute atomic E-state index is 0.137. The first-order chi connectivity index (χ1) is 14.6. The van der Waals surface area contributed by atoms with Crippen LogP contribution in [0.3, 0.4) is 0 Å². The molecule has 0 spiro atoms. The molecule has 0 heterocycles. The van der Waals surface area contributed by atoms with Crippen molar-refractivity contribution in [3.8, 4) is 0 Å². The van der Waals surface area contributed by atoms with E-state index in [1.165, 1.54) is 11.1 Å². The third kappa shape index (κ3) is 6.55. The number of fused-ring (bicyclic) bond motifs is 1. The van der Waals surface area contributed by atoms with Gasteiger partial charge in [0.25, 0.3) is 0 Å². The summed E-state index contributed by atoms with van der Waals surface area (Å²) in [5.74, 6) is 1.30. The Kier molecular flexibility index (Phi) is 8.71. The zero-order valence-electron chi connectivity index (χ0n) is 18.2. The van der Waals surface area contributed by atoms with Crippen molar-refractivity contribution in [3.05, 3.63) is 59.7 Å². The third-order valence-corrected chi connectivity index (χ3v) is 6.65. The van der Waals surface area contributed by atoms with Crippen molar-refractivity contribution >= 4 is 5.91 Å². The number of rotatable bonds is 10. The van der Waals surface area contributed by atoms with Crippen LogP contribution in [0.4, 0.5) is 0 Å². The Morgan fingerprint density at radius 1 is 1.27 bits per heavy atom. The minimum atomic E-state index is -0.470. The van der Waals surface area contributed by atoms with Crippen LogP contribution in [0, 0.1) is 17.8 Å². The van der Waals surface area contributed by atoms with Crippen molar-refractivity contribution in [2.24, 2.45) is 17.8 Å². The number of carbonyl (C=O) groups is 1. The lowest BCUT2D eigenvalue weighted by atomic mass is 9.90. The van der Waals surface area contributed by atoms with E-state index in [2.05, 4.69) is 29.6 Å². The number of amides is 1. The molecule has 1 aromatic carbocycles. The fourth-order valence-corrected chi connectivity index (χ4v) is 5.11. The summed E-state index contributed by atoms with van der Waals surface area (Å²) in [4.78, 5) is 11.5. The molecule has 0 unspecified atom stereocenters. The molecule has 164 valence electrons. The van der Waals surface area contributed by atoms with Crippen molar-refractivity contribution < 1.29 is 15.0 Å². The molecular weight excluding hydrogens is 374 g/mol. The normalized spacial score (nSPS) is 28.2. The number of hydrogen-bond acceptors (Lipinski definition) is 3. The van der Waals surface area contributed by atoms with E-state index in [4.69, 9.17) is 0 Å². The molecule has 3 rings (SSSR count). The number of hydrogen-bond donors (Lipinski definition) is 3. The highest BCUT2D eigenvalue weighted by Gasteiger charge is 2.44. The predicted octanol–water partition coefficient (Wildman–Crippen LogP) is 4.18. The van der Waals surface area contributed by atoms with Crippen molar-refractivity contribution in [1.29, 1.82) is 0 Å². The number of benzene rings is 1. The summed E-state index contributed by atoms with van der Waals surface area (Å²) in [6.07, 6.45) is 12.5. The van der Waals surface area contributed by atoms with E-state index >= 15 is 0 Å². The van der Waals surface area contributed by atoms with Gasteiger partial charge in [0, 0.05) is 18.9 Å². The fourth-order valence-electron chi connectivity index (χ4n) is 5.11. The van der Waals surface area contributed by atoms with Crippen molar-refractivity contribution in [3.63, 3.8) is 0 Å². The molecule has 0 aromatic heterocycles. The van der Waals surface area contributed by atoms with Gasteiger partial charge >= 0.3 is 0 Å². The van der Waals surface area contributed by atoms with Gasteiger partial charge in [0.05, 0.1) is 12.2 Å². The largest absolute Gasteiger partial charge is 0.392 e. The van der Waals surface area contributed by atoms with Gasteiger partial charge in [-0.2, -0.15) is 0 Å². The maximum Gasteiger partial charge on any atom is 0.219 e. The van der Waals surface area contributed by atoms with Gasteiger partial charge in [0.1, 0.15) is 0 Å². The fraction of sp³-hybridized carbons (Fsp3) is 0.577. The first-order valence-electron chi connectivity index (χ1n) is 11.6. The number of aliphatic hydroxyl groups excluding tert-OH is 2. The highest BCUT2D eigenvalue weighted by Crippen LogP contribution is 2.50. The summed E-state index contributed by atoms with van der Waals surface area (Å²) in [5.41, 5.74) is 2.72. The molecule has 0 saturated heterocycles. The van der Waals surface area contributed by atoms with Crippen LogP contribution in [0.15, 0.2) is 54.1 Å². The van der Waals surface area contributed by atoms with Gasteiger partial charge in [-0.3, -0.25) is 4.79 Å². The van der Waals surface area contributed by atoms with Crippen LogP contribution in [0.2, 0.25) is 0 Å². The third-order valence-electron chi connectivity index (χ3n) is 6.65. The first-order valence-corrected chi connectivity index (χ1v) is 11.6. The molecule has 2 aliphatic carbocycles. The summed E-state index contributed by atoms with van der Waals surface area (Å²) >= 11 is 0. The Balaban J connectivity index is 1.45. The molecule has 2 saturated carbocycles. The molecule has 4 heteroatoms. The molecule has 4 nitrogen and oxygen atoms in total. The molecule has 1 amide bonds. The lowest BCUT2D eigenvalue weighted by molar-refractivity contribution is -0.121. The van der Waals surface area contributed by atoms with Crippen LogP contribution in [0.25, 0.3) is 0 Å². The van der Waals surface area contributed by atoms with Gasteiger partial charge in [0.15, 0.2) is 0 Å². The minimum Gasteiger partial charge on any atom is -0.392 e. The van der Waals surface area contributed by atoms with Crippen LogP contribution in [0.1, 0.15) is 57.4 Å². The number of unbranched alkanes of at least 4 members (excludes halogenated alkanes) is 1. The Labute approximate surface area is 181 Å². The van der Waals surface area contributed by atoms with Crippen LogP contribution < -0.4 is 5.32 Å². The average molecular weight is 412 g/mol. The van der Waals surface area contributed by atoms with E-state index in [1.807, 2.05) is 31.2 Å². The Morgan fingerprint density at radius 2 is 2.07 bits per heavy atom. The molecule has 2 fully saturated rings. The second-order valence-corrected chi connectivity index (χ2v) is 8.90. The van der Waals surface area contributed by atoms with Crippen LogP contribution in [0.5, 0.6) is 0 Å². The van der Waals surface area contributed by atoms with Gasteiger partial charge in [-0.05, 0) is 69.3 Å². The van der Waals surface area contributed by atoms with E-state index in [9.17, 15) is 15.0 Å². The highest BCUT2D eigenvalue weighted by molar-refractivity contribution is 5.75. The zero-order valence-corrected chi connectivity index (χ0v) is 18.2. The zero-order chi connectivity index (χ0) is 21.3. The van der Waals surface area contributed by atoms with Crippen LogP contribution >= 0.6 is 0 Å². The first kappa shape index (κ1) is 22.8. The lowest BCUT2D eigenvalue weighted by Crippen LogP contribution is -2.21. The number of carbonyl (C=O) groups excluding carboxylic acids is 1. The van der Waals surface area contributed by atoms with Crippen molar-refractivity contribution in [2.75, 3.05) is 6.54 Å². The molecule has 2 aliphatic rings. The lowest BCUT2D eigenvalue weighted by Gasteiger charge is -2.18. The Hall–Kier alpha value is -1.91. The second kappa shape index (κ2) is 11.5. The monoisotopic (exact) mass is 411 g/mol. The standard InChI is InChI=1S/C26H37NO3/c1-2-27-26(30)11-7-6-10-20-16-21-18-25(29)23(24(21)17-20)15-14-22(28)13-12-19-8-4-3-5-9-19/h3-5,8-10,14-15,21-25,28-29H,2,6-7,11-13,16-18H2,1H3,(H,27,30)/t21-,22-,23+,24-,25+/m0/s1. The van der Waals surface area contributed by atoms with Crippen molar-refractivity contribution in [1.82, 2.24) is 5.32 Å². The van der Waals surface area contributed by atoms with E-state index < -0.39 is 6.10 Å². The average Bonchev–Trinajstić information content (AvgIpc) is 3.25. The highest BCUT2D eigenvalue weighted by atomic mass is 16.3. The van der Waals surface area contributed by atoms with E-state index in [1.54, 1.807) is 0 Å². The molecule has 1 aromatic rings. The smallest absolute Gasteiger partial charge is 0.219 e. The van der Waals surface area contributed by atoms with Gasteiger partial charge in [-0.25, -0.2) is 0 Å². The maximum absolute atomic E-state index is 11.5. The number of allylic oxidation sites excluding steroid dienone is 2. The number of nitrogens with one attached hydrogen (secondary N) is 1. The molecule has 0 bridgehead atoms. The van der Waals surface area contributed by atoms with E-state index in [0.717, 1.165) is 38.5 Å². The SMILES string of the molecule is CCNC(=O)CCCC=C1C[C@H]2C[C@@H](O)[C@H](C=C[C@@H](O)CCc3ccccc3)[C@H]2C1. The number of aryl methyl sites for hydroxylation is 1. The molecule has 5 atom stereocenters. The van der Waals surface area contributed by atoms with Gasteiger partial charge in [-0.15, -0.1) is 0 Å². The predicted molar refractivity (Wildman–Crippen MR) is 121 cm³/mol. The Bertz CT molecular complexity index is 727. The molecule has 30 heavy (non-hydrogen) atoms. The van der Waals surface area contributed by atoms with Gasteiger partial charge < -0.3 is 15.5 Å². The maximum atomic E-state index is 11.5. The molecule has 0 aliphatic heterocycles. The Morgan fingerprint density at radius 3 is 2.83 bits per heavy atom. The van der Waals surface area contributed by atoms with Gasteiger partial charge in [-0.1, -0.05) is 54.1 Å². The van der Waals surface area contributed by atoms with Crippen LogP contribution in [-0.2, 0) is 11.2 Å². The molecule has 3 N–H and O–H groups in total. The topological polar surface area (TPSA) is 69.6 Å². The van der Waals surface area contributed by atoms with E-state index in [-0.39, 0.29) is 17.9 Å². The summed E-state index contributed by atoms with van der Waals surface area (Å²) in [5, 5.41) is 23.7. The van der Waals surface area contributed by atoms with E-state index in [0.29, 0.717) is 31.2 Å². The molecular formula is C26H37NO3. The number of aliphatic hydroxyl groups is 2. The van der Waals surface area contributed by atoms with Crippen LogP contribution in [-0.4, -0.2) is 34.9 Å². The quantitative estimate of drug-likeness (QED) is 0.400.